The summed E-state index contributed by atoms with van der Waals surface area (Å²) in [4.78, 5) is 13.7. The Labute approximate surface area is 124 Å². The number of ether oxygens (including phenoxy) is 1. The van der Waals surface area contributed by atoms with Crippen LogP contribution in [0.1, 0.15) is 22.8 Å². The molecule has 0 atom stereocenters. The number of benzene rings is 2. The topological polar surface area (TPSA) is 53.3 Å². The molecule has 2 aromatic rings. The summed E-state index contributed by atoms with van der Waals surface area (Å²) in [6.45, 7) is 1.52. The van der Waals surface area contributed by atoms with Crippen LogP contribution < -0.4 is 9.64 Å². The van der Waals surface area contributed by atoms with Gasteiger partial charge in [0.1, 0.15) is 5.75 Å². The molecule has 4 nitrogen and oxygen atoms in total. The fourth-order valence-electron chi connectivity index (χ4n) is 2.12. The second-order valence-corrected chi connectivity index (χ2v) is 4.66. The Hall–Kier alpha value is -2.80. The lowest BCUT2D eigenvalue weighted by Gasteiger charge is -2.22. The number of nitriles is 1. The van der Waals surface area contributed by atoms with E-state index in [1.54, 1.807) is 25.3 Å². The number of anilines is 2. The molecule has 0 aliphatic heterocycles. The summed E-state index contributed by atoms with van der Waals surface area (Å²) in [5.74, 6) is 0.736. The molecule has 0 N–H and O–H groups in total. The van der Waals surface area contributed by atoms with Crippen molar-refractivity contribution in [3.63, 3.8) is 0 Å². The Morgan fingerprint density at radius 1 is 1.19 bits per heavy atom. The molecule has 0 heterocycles. The van der Waals surface area contributed by atoms with Crippen molar-refractivity contribution < 1.29 is 9.53 Å². The van der Waals surface area contributed by atoms with Gasteiger partial charge in [0.05, 0.1) is 24.4 Å². The molecule has 0 amide bonds. The lowest BCUT2D eigenvalue weighted by atomic mass is 10.1. The van der Waals surface area contributed by atoms with Crippen molar-refractivity contribution >= 4 is 17.2 Å². The zero-order valence-corrected chi connectivity index (χ0v) is 12.3. The van der Waals surface area contributed by atoms with E-state index in [-0.39, 0.29) is 5.78 Å². The number of nitrogens with zero attached hydrogens (tertiary/aromatic N) is 2. The third-order valence-corrected chi connectivity index (χ3v) is 3.33. The molecule has 0 saturated heterocycles. The lowest BCUT2D eigenvalue weighted by Crippen LogP contribution is -2.13. The van der Waals surface area contributed by atoms with Gasteiger partial charge in [0.25, 0.3) is 0 Å². The van der Waals surface area contributed by atoms with Crippen LogP contribution in [-0.2, 0) is 0 Å². The van der Waals surface area contributed by atoms with Gasteiger partial charge in [0.2, 0.25) is 0 Å². The van der Waals surface area contributed by atoms with Crippen molar-refractivity contribution in [2.75, 3.05) is 19.1 Å². The van der Waals surface area contributed by atoms with Gasteiger partial charge in [-0.3, -0.25) is 4.79 Å². The number of hydrogen-bond acceptors (Lipinski definition) is 4. The zero-order valence-electron chi connectivity index (χ0n) is 12.3. The van der Waals surface area contributed by atoms with E-state index in [4.69, 9.17) is 10.00 Å². The Morgan fingerprint density at radius 2 is 1.86 bits per heavy atom. The van der Waals surface area contributed by atoms with E-state index in [0.29, 0.717) is 16.8 Å². The van der Waals surface area contributed by atoms with Crippen LogP contribution in [0, 0.1) is 11.3 Å². The van der Waals surface area contributed by atoms with Gasteiger partial charge < -0.3 is 9.64 Å². The van der Waals surface area contributed by atoms with Gasteiger partial charge in [-0.05, 0) is 49.4 Å². The lowest BCUT2D eigenvalue weighted by molar-refractivity contribution is 0.101. The highest BCUT2D eigenvalue weighted by Crippen LogP contribution is 2.29. The predicted molar refractivity (Wildman–Crippen MR) is 82.2 cm³/mol. The molecule has 0 saturated carbocycles. The second kappa shape index (κ2) is 6.10. The molecule has 0 radical (unpaired) electrons. The number of Topliss-reactive ketones (excluding diaryl/α,β-unsaturated/α-hetero) is 1. The van der Waals surface area contributed by atoms with Crippen molar-refractivity contribution in [2.24, 2.45) is 0 Å². The number of rotatable bonds is 4. The van der Waals surface area contributed by atoms with Crippen LogP contribution in [0.5, 0.6) is 5.75 Å². The first-order valence-corrected chi connectivity index (χ1v) is 6.49. The van der Waals surface area contributed by atoms with Crippen LogP contribution in [0.4, 0.5) is 11.4 Å². The van der Waals surface area contributed by atoms with Gasteiger partial charge in [-0.1, -0.05) is 0 Å². The molecule has 0 aliphatic carbocycles. The molecule has 106 valence electrons. The van der Waals surface area contributed by atoms with Gasteiger partial charge in [-0.2, -0.15) is 5.26 Å². The average molecular weight is 280 g/mol. The fourth-order valence-corrected chi connectivity index (χ4v) is 2.12. The summed E-state index contributed by atoms with van der Waals surface area (Å²) in [5.41, 5.74) is 2.74. The number of carbonyl (C=O) groups excluding carboxylic acids is 1. The first-order valence-electron chi connectivity index (χ1n) is 6.49. The highest BCUT2D eigenvalue weighted by atomic mass is 16.5. The van der Waals surface area contributed by atoms with Crippen LogP contribution in [-0.4, -0.2) is 19.9 Å². The number of hydrogen-bond donors (Lipinski definition) is 0. The quantitative estimate of drug-likeness (QED) is 0.804. The molecule has 0 aliphatic rings. The fraction of sp³-hybridized carbons (Fsp3) is 0.176. The SMILES string of the molecule is COc1ccc(N(C)c2cc(C#N)ccc2C(C)=O)cc1. The van der Waals surface area contributed by atoms with Crippen LogP contribution >= 0.6 is 0 Å². The summed E-state index contributed by atoms with van der Waals surface area (Å²) in [6, 6.07) is 14.7. The molecule has 0 aromatic heterocycles. The Kier molecular flexibility index (Phi) is 4.24. The third-order valence-electron chi connectivity index (χ3n) is 3.33. The van der Waals surface area contributed by atoms with Gasteiger partial charge in [-0.25, -0.2) is 0 Å². The number of ketones is 1. The summed E-state index contributed by atoms with van der Waals surface area (Å²) in [6.07, 6.45) is 0. The minimum absolute atomic E-state index is 0.0325. The Balaban J connectivity index is 2.47. The monoisotopic (exact) mass is 280 g/mol. The van der Waals surface area contributed by atoms with E-state index >= 15 is 0 Å². The van der Waals surface area contributed by atoms with Crippen molar-refractivity contribution in [1.29, 1.82) is 5.26 Å². The number of carbonyl (C=O) groups is 1. The molecule has 21 heavy (non-hydrogen) atoms. The molecule has 2 rings (SSSR count). The molecule has 2 aromatic carbocycles. The van der Waals surface area contributed by atoms with Gasteiger partial charge >= 0.3 is 0 Å². The predicted octanol–water partition coefficient (Wildman–Crippen LogP) is 3.54. The zero-order chi connectivity index (χ0) is 15.4. The largest absolute Gasteiger partial charge is 0.497 e. The summed E-state index contributed by atoms with van der Waals surface area (Å²) < 4.78 is 5.14. The molecule has 4 heteroatoms. The van der Waals surface area contributed by atoms with E-state index in [1.165, 1.54) is 6.92 Å². The van der Waals surface area contributed by atoms with Gasteiger partial charge in [0.15, 0.2) is 5.78 Å². The summed E-state index contributed by atoms with van der Waals surface area (Å²) in [5, 5.41) is 9.04. The first-order chi connectivity index (χ1) is 10.1. The van der Waals surface area contributed by atoms with Crippen molar-refractivity contribution in [1.82, 2.24) is 0 Å². The number of methoxy groups -OCH3 is 1. The normalized spacial score (nSPS) is 9.81. The smallest absolute Gasteiger partial charge is 0.161 e. The first kappa shape index (κ1) is 14.6. The minimum Gasteiger partial charge on any atom is -0.497 e. The minimum atomic E-state index is -0.0325. The van der Waals surface area contributed by atoms with Crippen molar-refractivity contribution in [3.8, 4) is 11.8 Å². The highest BCUT2D eigenvalue weighted by Gasteiger charge is 2.13. The molecule has 0 bridgehead atoms. The van der Waals surface area contributed by atoms with E-state index in [9.17, 15) is 4.79 Å². The van der Waals surface area contributed by atoms with E-state index in [0.717, 1.165) is 11.4 Å². The van der Waals surface area contributed by atoms with Crippen LogP contribution in [0.25, 0.3) is 0 Å². The molecular weight excluding hydrogens is 264 g/mol. The summed E-state index contributed by atoms with van der Waals surface area (Å²) >= 11 is 0. The van der Waals surface area contributed by atoms with E-state index in [2.05, 4.69) is 6.07 Å². The van der Waals surface area contributed by atoms with Crippen molar-refractivity contribution in [2.45, 2.75) is 6.92 Å². The second-order valence-electron chi connectivity index (χ2n) is 4.66. The summed E-state index contributed by atoms with van der Waals surface area (Å²) in [7, 11) is 3.48. The maximum absolute atomic E-state index is 11.8. The average Bonchev–Trinajstić information content (AvgIpc) is 2.53. The van der Waals surface area contributed by atoms with E-state index in [1.807, 2.05) is 36.2 Å². The third kappa shape index (κ3) is 3.03. The van der Waals surface area contributed by atoms with Crippen LogP contribution in [0.3, 0.4) is 0 Å². The van der Waals surface area contributed by atoms with Crippen LogP contribution in [0.2, 0.25) is 0 Å². The maximum Gasteiger partial charge on any atom is 0.161 e. The van der Waals surface area contributed by atoms with Gasteiger partial charge in [-0.15, -0.1) is 0 Å². The molecule has 0 unspecified atom stereocenters. The highest BCUT2D eigenvalue weighted by molar-refractivity contribution is 6.00. The molecule has 0 fully saturated rings. The Bertz CT molecular complexity index is 700. The van der Waals surface area contributed by atoms with Gasteiger partial charge in [0, 0.05) is 18.3 Å². The maximum atomic E-state index is 11.8. The Morgan fingerprint density at radius 3 is 2.38 bits per heavy atom. The standard InChI is InChI=1S/C17H16N2O2/c1-12(20)16-9-4-13(11-18)10-17(16)19(2)14-5-7-15(21-3)8-6-14/h4-10H,1-3H3. The van der Waals surface area contributed by atoms with E-state index < -0.39 is 0 Å². The molecule has 0 spiro atoms. The van der Waals surface area contributed by atoms with Crippen LogP contribution in [0.15, 0.2) is 42.5 Å². The molecular formula is C17H16N2O2. The van der Waals surface area contributed by atoms with Crippen molar-refractivity contribution in [3.05, 3.63) is 53.6 Å².